The van der Waals surface area contributed by atoms with Gasteiger partial charge in [-0.1, -0.05) is 110 Å². The Morgan fingerprint density at radius 3 is 2.26 bits per heavy atom. The number of nitrogens with zero attached hydrogens (tertiary/aromatic N) is 6. The van der Waals surface area contributed by atoms with Gasteiger partial charge in [-0.25, -0.2) is 0 Å². The second kappa shape index (κ2) is 35.6. The minimum absolute atomic E-state index is 0.0359. The van der Waals surface area contributed by atoms with Crippen LogP contribution in [0.1, 0.15) is 209 Å². The molecular weight excluding hydrogens is 1140 g/mol. The molecule has 1 aromatic rings. The third kappa shape index (κ3) is 21.2. The standard InChI is InChI=1S/C72H122ClF3N12O/c1-13-24-67-55(8)83-71(33-19-20-34-71)50-78-37-36-77-35-32-60(30-28-59-29-31-63(64(73)45-59)72(74,75)76)79-38-42-84(11)48-62(44-58-25-17-15-18-26-58)85(12)49-61-27-23-41-87(61)56(9)53(6)82-66(52(5)14-2)46-81-65(43-51(3)4)54(7)80-47-68-69(57(10)88(67)68)70(89)86-39-21-16-22-40-86/h29,31-32,35,38,42,45,48-49,51-58,65-69,78-83H,13-28,30,33-34,36-37,39-41,43-44,46-47,50H2,1-12H3/t52-,53?,54?,55?,56-,57?,65-,66+,67-,68?,69-/m0/s1. The van der Waals surface area contributed by atoms with E-state index in [1.807, 2.05) is 18.5 Å². The van der Waals surface area contributed by atoms with Crippen molar-refractivity contribution in [2.45, 2.75) is 270 Å². The molecule has 0 bridgehead atoms. The van der Waals surface area contributed by atoms with Crippen molar-refractivity contribution in [3.8, 4) is 0 Å². The van der Waals surface area contributed by atoms with Crippen LogP contribution in [0.15, 0.2) is 71.2 Å². The number of piperidine rings is 1. The Bertz CT molecular complexity index is 2450. The summed E-state index contributed by atoms with van der Waals surface area (Å²) in [5, 5.41) is 23.9. The van der Waals surface area contributed by atoms with Crippen LogP contribution >= 0.6 is 11.6 Å². The number of halogens is 4. The highest BCUT2D eigenvalue weighted by atomic mass is 35.5. The number of aliphatic imine (C=N–C) groups is 1. The van der Waals surface area contributed by atoms with Gasteiger partial charge in [0, 0.05) is 168 Å². The lowest BCUT2D eigenvalue weighted by molar-refractivity contribution is -0.160. The second-order valence-corrected chi connectivity index (χ2v) is 29.1. The highest BCUT2D eigenvalue weighted by Gasteiger charge is 2.54. The number of carbonyl (C=O) groups excluding carboxylic acids is 1. The average molecular weight is 1260 g/mol. The topological polar surface area (TPSA) is 118 Å². The summed E-state index contributed by atoms with van der Waals surface area (Å²) in [6, 6.07) is 6.09. The summed E-state index contributed by atoms with van der Waals surface area (Å²) in [4.78, 5) is 31.8. The van der Waals surface area contributed by atoms with E-state index in [4.69, 9.17) is 16.6 Å². The number of hydrogen-bond acceptors (Lipinski definition) is 12. The molecule has 17 heteroatoms. The van der Waals surface area contributed by atoms with Gasteiger partial charge in [0.1, 0.15) is 0 Å². The maximum Gasteiger partial charge on any atom is 0.417 e. The van der Waals surface area contributed by atoms with Crippen molar-refractivity contribution < 1.29 is 18.0 Å². The molecule has 2 saturated carbocycles. The molecule has 2 aliphatic carbocycles. The molecule has 1 aromatic carbocycles. The average Bonchev–Trinajstić information content (AvgIpc) is 1.12. The number of amides is 1. The molecule has 4 aliphatic heterocycles. The van der Waals surface area contributed by atoms with E-state index in [9.17, 15) is 18.0 Å². The Morgan fingerprint density at radius 2 is 1.57 bits per heavy atom. The van der Waals surface area contributed by atoms with Crippen LogP contribution < -0.4 is 31.9 Å². The van der Waals surface area contributed by atoms with Crippen molar-refractivity contribution in [3.63, 3.8) is 0 Å². The van der Waals surface area contributed by atoms with Gasteiger partial charge in [-0.2, -0.15) is 13.2 Å². The largest absolute Gasteiger partial charge is 0.417 e. The van der Waals surface area contributed by atoms with E-state index >= 15 is 0 Å². The molecule has 7 rings (SSSR count). The van der Waals surface area contributed by atoms with Gasteiger partial charge >= 0.3 is 6.18 Å². The lowest BCUT2D eigenvalue weighted by Crippen LogP contribution is -2.75. The highest BCUT2D eigenvalue weighted by Crippen LogP contribution is 2.41. The van der Waals surface area contributed by atoms with Crippen LogP contribution in [0.25, 0.3) is 0 Å². The van der Waals surface area contributed by atoms with Crippen molar-refractivity contribution in [1.29, 1.82) is 0 Å². The maximum absolute atomic E-state index is 14.8. The van der Waals surface area contributed by atoms with E-state index in [0.29, 0.717) is 43.0 Å². The van der Waals surface area contributed by atoms with Gasteiger partial charge in [0.15, 0.2) is 0 Å². The summed E-state index contributed by atoms with van der Waals surface area (Å²) < 4.78 is 41.0. The summed E-state index contributed by atoms with van der Waals surface area (Å²) in [7, 11) is 4.32. The molecule has 6 aliphatic rings. The number of rotatable bonds is 12. The maximum atomic E-state index is 14.8. The zero-order chi connectivity index (χ0) is 64.3. The Labute approximate surface area is 543 Å². The number of likely N-dealkylation sites (tertiary alicyclic amines) is 1. The van der Waals surface area contributed by atoms with Crippen LogP contribution in [-0.4, -0.2) is 163 Å². The van der Waals surface area contributed by atoms with Crippen LogP contribution in [-0.2, 0) is 17.4 Å². The predicted octanol–water partition coefficient (Wildman–Crippen LogP) is 13.4. The molecule has 3 saturated heterocycles. The molecule has 13 nitrogen and oxygen atoms in total. The highest BCUT2D eigenvalue weighted by molar-refractivity contribution is 6.31. The normalized spacial score (nSPS) is 30.0. The van der Waals surface area contributed by atoms with Crippen LogP contribution in [0.4, 0.5) is 13.2 Å². The van der Waals surface area contributed by atoms with Gasteiger partial charge in [-0.05, 0) is 153 Å². The molecule has 504 valence electrons. The van der Waals surface area contributed by atoms with E-state index < -0.39 is 11.7 Å². The van der Waals surface area contributed by atoms with Crippen LogP contribution in [0, 0.1) is 23.7 Å². The summed E-state index contributed by atoms with van der Waals surface area (Å²) in [5.41, 5.74) is 3.45. The molecule has 4 heterocycles. The number of carbonyl (C=O) groups is 1. The second-order valence-electron chi connectivity index (χ2n) is 28.7. The first-order chi connectivity index (χ1) is 42.6. The number of nitrogens with one attached hydrogen (secondary N) is 6. The lowest BCUT2D eigenvalue weighted by Gasteiger charge is -2.59. The van der Waals surface area contributed by atoms with E-state index in [-0.39, 0.29) is 70.9 Å². The summed E-state index contributed by atoms with van der Waals surface area (Å²) in [6.07, 6.45) is 31.0. The summed E-state index contributed by atoms with van der Waals surface area (Å²) >= 11 is 6.20. The zero-order valence-electron chi connectivity index (χ0n) is 57.3. The fourth-order valence-corrected chi connectivity index (χ4v) is 16.0. The van der Waals surface area contributed by atoms with Crippen molar-refractivity contribution in [2.24, 2.45) is 28.7 Å². The fourth-order valence-electron chi connectivity index (χ4n) is 15.7. The van der Waals surface area contributed by atoms with Crippen LogP contribution in [0.2, 0.25) is 5.02 Å². The van der Waals surface area contributed by atoms with Crippen LogP contribution in [0.3, 0.4) is 0 Å². The first kappa shape index (κ1) is 72.8. The van der Waals surface area contributed by atoms with Gasteiger partial charge in [-0.3, -0.25) is 14.7 Å². The molecule has 0 aromatic heterocycles. The Balaban J connectivity index is 1.18. The molecule has 89 heavy (non-hydrogen) atoms. The number of benzene rings is 1. The summed E-state index contributed by atoms with van der Waals surface area (Å²) in [5.74, 6) is 1.96. The quantitative estimate of drug-likeness (QED) is 0.120. The number of allylic oxidation sites excluding steroid dienone is 4. The lowest BCUT2D eigenvalue weighted by atomic mass is 9.75. The first-order valence-corrected chi connectivity index (χ1v) is 35.9. The predicted molar refractivity (Wildman–Crippen MR) is 366 cm³/mol. The van der Waals surface area contributed by atoms with Crippen molar-refractivity contribution >= 4 is 23.7 Å². The number of alkyl halides is 3. The SMILES string of the molecule is CCC[C@H]1C(C)NC2(CCCC2)CNCCN=CC=C(CCc2ccc(C(F)(F)F)c(Cl)c2)NC=CN(C)C=C(CC2CCCCC2)N(C)C=C2CCCN2[C@@H](C)C(C)N[C@@H]([C@@H](C)CC)CN[C@@H](CC(C)C)C(C)NCC2[C@@H](C(=O)N3CCCCC3)C(C)N21. The van der Waals surface area contributed by atoms with Crippen molar-refractivity contribution in [2.75, 3.05) is 66.5 Å². The van der Waals surface area contributed by atoms with Gasteiger partial charge in [0.2, 0.25) is 5.91 Å². The van der Waals surface area contributed by atoms with E-state index in [0.717, 1.165) is 134 Å². The minimum Gasteiger partial charge on any atom is -0.369 e. The van der Waals surface area contributed by atoms with Gasteiger partial charge in [0.25, 0.3) is 0 Å². The van der Waals surface area contributed by atoms with Gasteiger partial charge in [0.05, 0.1) is 23.0 Å². The first-order valence-electron chi connectivity index (χ1n) is 35.5. The fraction of sp³-hybridized carbons (Fsp3) is 0.778. The summed E-state index contributed by atoms with van der Waals surface area (Å²) in [6.45, 7) is 30.4. The molecule has 5 fully saturated rings. The monoisotopic (exact) mass is 1260 g/mol. The van der Waals surface area contributed by atoms with E-state index in [1.165, 1.54) is 74.9 Å². The molecular formula is C72H122ClF3N12O. The van der Waals surface area contributed by atoms with E-state index in [1.54, 1.807) is 0 Å². The smallest absolute Gasteiger partial charge is 0.369 e. The third-order valence-corrected chi connectivity index (χ3v) is 21.7. The molecule has 1 spiro atoms. The van der Waals surface area contributed by atoms with Gasteiger partial charge in [-0.15, -0.1) is 0 Å². The van der Waals surface area contributed by atoms with Gasteiger partial charge < -0.3 is 51.5 Å². The molecule has 5 unspecified atom stereocenters. The minimum atomic E-state index is -4.51. The Kier molecular flexibility index (Phi) is 29.1. The molecule has 11 atom stereocenters. The number of hydrogen-bond donors (Lipinski definition) is 6. The van der Waals surface area contributed by atoms with Crippen molar-refractivity contribution in [3.05, 3.63) is 82.3 Å². The van der Waals surface area contributed by atoms with E-state index in [2.05, 4.69) is 158 Å². The zero-order valence-corrected chi connectivity index (χ0v) is 58.1. The van der Waals surface area contributed by atoms with Crippen molar-refractivity contribution in [1.82, 2.24) is 56.4 Å². The Morgan fingerprint density at radius 1 is 0.843 bits per heavy atom. The van der Waals surface area contributed by atoms with Crippen LogP contribution in [0.5, 0.6) is 0 Å². The number of aryl methyl sites for hydroxylation is 1. The third-order valence-electron chi connectivity index (χ3n) is 21.4. The number of fused-ring (bicyclic) bond motifs is 2. The Hall–Kier alpha value is -3.64. The molecule has 6 N–H and O–H groups in total. The molecule has 1 amide bonds. The molecule has 0 radical (unpaired) electrons.